The number of tetrazole rings is 2. The number of benzene rings is 1. The second-order valence-corrected chi connectivity index (χ2v) is 4.99. The van der Waals surface area contributed by atoms with Crippen molar-refractivity contribution in [3.8, 4) is 22.8 Å². The van der Waals surface area contributed by atoms with Crippen molar-refractivity contribution in [3.05, 3.63) is 20.1 Å². The largest absolute Gasteiger partial charge is 0.207 e. The van der Waals surface area contributed by atoms with E-state index in [1.165, 1.54) is 0 Å². The predicted octanol–water partition coefficient (Wildman–Crippen LogP) is 2.66. The van der Waals surface area contributed by atoms with Gasteiger partial charge in [-0.05, 0) is 10.4 Å². The van der Waals surface area contributed by atoms with E-state index in [1.54, 1.807) is 0 Å². The molecule has 8 nitrogen and oxygen atoms in total. The molecule has 0 aliphatic carbocycles. The Hall–Kier alpha value is -1.48. The Kier molecular flexibility index (Phi) is 3.47. The normalized spacial score (nSPS) is 11.0. The summed E-state index contributed by atoms with van der Waals surface area (Å²) in [6.45, 7) is 0. The summed E-state index contributed by atoms with van der Waals surface area (Å²) in [6, 6.07) is 0. The average Bonchev–Trinajstić information content (AvgIpc) is 3.10. The van der Waals surface area contributed by atoms with Crippen molar-refractivity contribution in [2.24, 2.45) is 0 Å². The van der Waals surface area contributed by atoms with Crippen LogP contribution in [0.1, 0.15) is 0 Å². The Labute approximate surface area is 130 Å². The highest BCUT2D eigenvalue weighted by molar-refractivity contribution is 6.52. The van der Waals surface area contributed by atoms with E-state index in [-0.39, 0.29) is 42.9 Å². The molecule has 0 aliphatic heterocycles. The molecule has 102 valence electrons. The van der Waals surface area contributed by atoms with Crippen LogP contribution in [0.5, 0.6) is 0 Å². The number of nitrogens with zero attached hydrogens (tertiary/aromatic N) is 6. The average molecular weight is 352 g/mol. The van der Waals surface area contributed by atoms with Gasteiger partial charge in [0.25, 0.3) is 0 Å². The van der Waals surface area contributed by atoms with Crippen LogP contribution in [-0.4, -0.2) is 41.2 Å². The Morgan fingerprint density at radius 3 is 1.20 bits per heavy atom. The first kappa shape index (κ1) is 13.5. The lowest BCUT2D eigenvalue weighted by atomic mass is 10.1. The highest BCUT2D eigenvalue weighted by Gasteiger charge is 2.26. The van der Waals surface area contributed by atoms with E-state index in [0.29, 0.717) is 0 Å². The summed E-state index contributed by atoms with van der Waals surface area (Å²) in [7, 11) is 0. The number of nitrogens with one attached hydrogen (secondary N) is 2. The van der Waals surface area contributed by atoms with Crippen molar-refractivity contribution in [2.75, 3.05) is 0 Å². The van der Waals surface area contributed by atoms with E-state index >= 15 is 0 Å². The van der Waals surface area contributed by atoms with E-state index in [1.807, 2.05) is 0 Å². The van der Waals surface area contributed by atoms with Crippen LogP contribution < -0.4 is 0 Å². The number of H-pyrrole nitrogens is 2. The van der Waals surface area contributed by atoms with E-state index in [2.05, 4.69) is 41.2 Å². The number of aromatic nitrogens is 8. The van der Waals surface area contributed by atoms with Crippen molar-refractivity contribution in [2.45, 2.75) is 0 Å². The summed E-state index contributed by atoms with van der Waals surface area (Å²) in [5, 5.41) is 27.1. The van der Waals surface area contributed by atoms with E-state index in [0.717, 1.165) is 0 Å². The Morgan fingerprint density at radius 2 is 0.950 bits per heavy atom. The van der Waals surface area contributed by atoms with E-state index in [4.69, 9.17) is 46.4 Å². The maximum atomic E-state index is 6.20. The minimum absolute atomic E-state index is 0.113. The van der Waals surface area contributed by atoms with Gasteiger partial charge in [-0.2, -0.15) is 10.4 Å². The molecule has 20 heavy (non-hydrogen) atoms. The van der Waals surface area contributed by atoms with Crippen LogP contribution in [0.3, 0.4) is 0 Å². The molecule has 0 radical (unpaired) electrons. The third-order valence-electron chi connectivity index (χ3n) is 2.40. The number of rotatable bonds is 2. The highest BCUT2D eigenvalue weighted by atomic mass is 35.5. The predicted molar refractivity (Wildman–Crippen MR) is 72.8 cm³/mol. The molecule has 0 aliphatic rings. The van der Waals surface area contributed by atoms with Gasteiger partial charge in [0.2, 0.25) is 11.6 Å². The van der Waals surface area contributed by atoms with Gasteiger partial charge in [-0.25, -0.2) is 0 Å². The summed E-state index contributed by atoms with van der Waals surface area (Å²) in [4.78, 5) is 0. The van der Waals surface area contributed by atoms with Crippen molar-refractivity contribution < 1.29 is 0 Å². The maximum Gasteiger partial charge on any atom is 0.207 e. The maximum absolute atomic E-state index is 6.20. The van der Waals surface area contributed by atoms with Crippen LogP contribution in [0.25, 0.3) is 22.8 Å². The first-order valence-electron chi connectivity index (χ1n) is 4.94. The fourth-order valence-electron chi connectivity index (χ4n) is 1.56. The lowest BCUT2D eigenvalue weighted by Gasteiger charge is -2.11. The summed E-state index contributed by atoms with van der Waals surface area (Å²) in [6.07, 6.45) is 0. The molecule has 2 N–H and O–H groups in total. The molecule has 0 bridgehead atoms. The van der Waals surface area contributed by atoms with Gasteiger partial charge in [-0.15, -0.1) is 20.4 Å². The quantitative estimate of drug-likeness (QED) is 0.687. The molecule has 2 heterocycles. The minimum Gasteiger partial charge on any atom is -0.177 e. The summed E-state index contributed by atoms with van der Waals surface area (Å²) < 4.78 is 0. The highest BCUT2D eigenvalue weighted by Crippen LogP contribution is 2.48. The molecule has 3 rings (SSSR count). The lowest BCUT2D eigenvalue weighted by molar-refractivity contribution is 0.881. The summed E-state index contributed by atoms with van der Waals surface area (Å²) in [5.74, 6) is 0.340. The van der Waals surface area contributed by atoms with Crippen LogP contribution in [0.4, 0.5) is 0 Å². The molecule has 0 spiro atoms. The molecule has 0 fully saturated rings. The zero-order chi connectivity index (χ0) is 14.3. The summed E-state index contributed by atoms with van der Waals surface area (Å²) in [5.41, 5.74) is 0.536. The fraction of sp³-hybridized carbons (Fsp3) is 0. The molecular weight excluding hydrogens is 350 g/mol. The van der Waals surface area contributed by atoms with Gasteiger partial charge in [0.15, 0.2) is 0 Å². The number of aromatic amines is 2. The minimum atomic E-state index is 0.113. The van der Waals surface area contributed by atoms with E-state index in [9.17, 15) is 0 Å². The molecule has 0 amide bonds. The first-order chi connectivity index (χ1) is 9.61. The van der Waals surface area contributed by atoms with Crippen LogP contribution >= 0.6 is 46.4 Å². The number of halogens is 4. The lowest BCUT2D eigenvalue weighted by Crippen LogP contribution is -1.93. The Morgan fingerprint density at radius 1 is 0.600 bits per heavy atom. The number of hydrogen-bond donors (Lipinski definition) is 2. The molecule has 2 aromatic heterocycles. The first-order valence-corrected chi connectivity index (χ1v) is 6.46. The van der Waals surface area contributed by atoms with Gasteiger partial charge in [-0.3, -0.25) is 0 Å². The van der Waals surface area contributed by atoms with Gasteiger partial charge in [-0.1, -0.05) is 46.4 Å². The fourth-order valence-corrected chi connectivity index (χ4v) is 2.75. The third kappa shape index (κ3) is 2.01. The molecule has 0 saturated carbocycles. The van der Waals surface area contributed by atoms with Crippen molar-refractivity contribution in [1.82, 2.24) is 41.2 Å². The van der Waals surface area contributed by atoms with Crippen LogP contribution in [-0.2, 0) is 0 Å². The summed E-state index contributed by atoms with van der Waals surface area (Å²) >= 11 is 24.8. The molecule has 0 unspecified atom stereocenters. The molecule has 3 aromatic rings. The van der Waals surface area contributed by atoms with E-state index < -0.39 is 0 Å². The smallest absolute Gasteiger partial charge is 0.177 e. The standard InChI is InChI=1S/C8H2Cl4N8/c9-3-1(7-13-17-18-14-7)4(10)6(12)2(5(3)11)8-15-19-20-16-8/h(H,13,14,17,18)(H,15,16,19,20). The third-order valence-corrected chi connectivity index (χ3v) is 4.11. The SMILES string of the molecule is Clc1c(Cl)c(-c2nn[nH]n2)c(Cl)c(Cl)c1-c1nn[nH]n1. The van der Waals surface area contributed by atoms with Crippen LogP contribution in [0, 0.1) is 0 Å². The molecule has 0 atom stereocenters. The zero-order valence-electron chi connectivity index (χ0n) is 9.20. The molecular formula is C8H2Cl4N8. The van der Waals surface area contributed by atoms with Gasteiger partial charge in [0.1, 0.15) is 0 Å². The van der Waals surface area contributed by atoms with Gasteiger partial charge in [0.05, 0.1) is 31.2 Å². The molecule has 0 saturated heterocycles. The monoisotopic (exact) mass is 350 g/mol. The molecule has 12 heteroatoms. The van der Waals surface area contributed by atoms with Crippen molar-refractivity contribution >= 4 is 46.4 Å². The van der Waals surface area contributed by atoms with Gasteiger partial charge in [0, 0.05) is 0 Å². The topological polar surface area (TPSA) is 109 Å². The van der Waals surface area contributed by atoms with Crippen LogP contribution in [0.2, 0.25) is 20.1 Å². The number of hydrogen-bond acceptors (Lipinski definition) is 6. The van der Waals surface area contributed by atoms with Gasteiger partial charge >= 0.3 is 0 Å². The zero-order valence-corrected chi connectivity index (χ0v) is 12.2. The Balaban J connectivity index is 2.33. The second kappa shape index (κ2) is 5.13. The molecule has 1 aromatic carbocycles. The Bertz CT molecular complexity index is 659. The van der Waals surface area contributed by atoms with Crippen LogP contribution in [0.15, 0.2) is 0 Å². The van der Waals surface area contributed by atoms with Crippen molar-refractivity contribution in [3.63, 3.8) is 0 Å². The van der Waals surface area contributed by atoms with Crippen molar-refractivity contribution in [1.29, 1.82) is 0 Å². The van der Waals surface area contributed by atoms with Gasteiger partial charge < -0.3 is 0 Å². The second-order valence-electron chi connectivity index (χ2n) is 3.48.